The van der Waals surface area contributed by atoms with E-state index in [9.17, 15) is 0 Å². The third-order valence-corrected chi connectivity index (χ3v) is 4.29. The number of nitrogens with one attached hydrogen (secondary N) is 1. The zero-order valence-corrected chi connectivity index (χ0v) is 12.2. The Balaban J connectivity index is 1.63. The molecule has 0 aromatic heterocycles. The lowest BCUT2D eigenvalue weighted by Crippen LogP contribution is -2.34. The minimum absolute atomic E-state index is 0.493. The topological polar surface area (TPSA) is 21.3 Å². The maximum absolute atomic E-state index is 6.25. The van der Waals surface area contributed by atoms with Gasteiger partial charge in [0.15, 0.2) is 0 Å². The Morgan fingerprint density at radius 3 is 2.50 bits per heavy atom. The monoisotopic (exact) mass is 287 g/mol. The van der Waals surface area contributed by atoms with Crippen LogP contribution in [-0.4, -0.2) is 13.2 Å². The minimum atomic E-state index is 0.493. The van der Waals surface area contributed by atoms with Gasteiger partial charge >= 0.3 is 0 Å². The molecule has 1 saturated carbocycles. The number of hydrogen-bond acceptors (Lipinski definition) is 2. The average Bonchev–Trinajstić information content (AvgIpc) is 2.44. The third-order valence-electron chi connectivity index (χ3n) is 3.95. The van der Waals surface area contributed by atoms with E-state index in [0.29, 0.717) is 12.0 Å². The number of hydrogen-bond donors (Lipinski definition) is 1. The lowest BCUT2D eigenvalue weighted by atomic mass is 9.76. The molecule has 0 bridgehead atoms. The molecule has 3 rings (SSSR count). The van der Waals surface area contributed by atoms with E-state index < -0.39 is 0 Å². The summed E-state index contributed by atoms with van der Waals surface area (Å²) >= 11 is 6.25. The molecule has 0 unspecified atom stereocenters. The molecular weight excluding hydrogens is 270 g/mol. The minimum Gasteiger partial charge on any atom is -0.495 e. The first-order chi connectivity index (χ1) is 9.78. The Hall–Kier alpha value is -1.67. The number of ether oxygens (including phenoxy) is 1. The van der Waals surface area contributed by atoms with Gasteiger partial charge in [0.1, 0.15) is 5.75 Å². The van der Waals surface area contributed by atoms with Crippen molar-refractivity contribution in [2.45, 2.75) is 24.8 Å². The van der Waals surface area contributed by atoms with E-state index in [1.165, 1.54) is 5.56 Å². The van der Waals surface area contributed by atoms with E-state index in [2.05, 4.69) is 23.5 Å². The number of halogens is 1. The van der Waals surface area contributed by atoms with Gasteiger partial charge in [-0.25, -0.2) is 0 Å². The van der Waals surface area contributed by atoms with E-state index in [4.69, 9.17) is 16.3 Å². The van der Waals surface area contributed by atoms with Crippen LogP contribution in [0.25, 0.3) is 0 Å². The molecule has 2 aromatic carbocycles. The van der Waals surface area contributed by atoms with Crippen LogP contribution in [0.3, 0.4) is 0 Å². The summed E-state index contributed by atoms with van der Waals surface area (Å²) < 4.78 is 5.36. The summed E-state index contributed by atoms with van der Waals surface area (Å²) in [5.41, 5.74) is 2.34. The van der Waals surface area contributed by atoms with Gasteiger partial charge < -0.3 is 10.1 Å². The molecule has 20 heavy (non-hydrogen) atoms. The molecule has 1 N–H and O–H groups in total. The molecule has 0 saturated heterocycles. The van der Waals surface area contributed by atoms with E-state index in [1.54, 1.807) is 7.11 Å². The Morgan fingerprint density at radius 2 is 1.75 bits per heavy atom. The quantitative estimate of drug-likeness (QED) is 0.879. The molecule has 0 atom stereocenters. The number of benzene rings is 2. The van der Waals surface area contributed by atoms with Crippen molar-refractivity contribution in [3.8, 4) is 5.75 Å². The van der Waals surface area contributed by atoms with Gasteiger partial charge in [-0.15, -0.1) is 0 Å². The second-order valence-corrected chi connectivity index (χ2v) is 5.64. The van der Waals surface area contributed by atoms with Crippen molar-refractivity contribution in [2.75, 3.05) is 12.4 Å². The molecule has 0 aliphatic heterocycles. The van der Waals surface area contributed by atoms with Crippen LogP contribution in [0.15, 0.2) is 48.5 Å². The first kappa shape index (κ1) is 13.3. The zero-order chi connectivity index (χ0) is 13.9. The Labute approximate surface area is 124 Å². The van der Waals surface area contributed by atoms with Crippen LogP contribution < -0.4 is 10.1 Å². The van der Waals surface area contributed by atoms with Gasteiger partial charge in [-0.3, -0.25) is 0 Å². The fourth-order valence-electron chi connectivity index (χ4n) is 2.78. The van der Waals surface area contributed by atoms with Crippen LogP contribution in [0.4, 0.5) is 5.69 Å². The van der Waals surface area contributed by atoms with Crippen molar-refractivity contribution in [3.63, 3.8) is 0 Å². The van der Waals surface area contributed by atoms with Crippen molar-refractivity contribution in [1.82, 2.24) is 0 Å². The molecule has 1 fully saturated rings. The highest BCUT2D eigenvalue weighted by molar-refractivity contribution is 6.31. The largest absolute Gasteiger partial charge is 0.495 e. The van der Waals surface area contributed by atoms with Crippen LogP contribution in [0, 0.1) is 0 Å². The molecule has 0 spiro atoms. The number of para-hydroxylation sites is 2. The molecule has 1 aliphatic carbocycles. The first-order valence-electron chi connectivity index (χ1n) is 6.92. The third kappa shape index (κ3) is 2.61. The number of rotatable bonds is 4. The second kappa shape index (κ2) is 5.76. The van der Waals surface area contributed by atoms with Gasteiger partial charge in [-0.1, -0.05) is 41.9 Å². The van der Waals surface area contributed by atoms with E-state index in [-0.39, 0.29) is 0 Å². The SMILES string of the molecule is COc1ccccc1NC1CC(c2ccccc2Cl)C1. The summed E-state index contributed by atoms with van der Waals surface area (Å²) in [5, 5.41) is 4.43. The van der Waals surface area contributed by atoms with Crippen LogP contribution in [-0.2, 0) is 0 Å². The first-order valence-corrected chi connectivity index (χ1v) is 7.29. The maximum Gasteiger partial charge on any atom is 0.141 e. The van der Waals surface area contributed by atoms with E-state index in [1.807, 2.05) is 30.3 Å². The molecule has 2 nitrogen and oxygen atoms in total. The fourth-order valence-corrected chi connectivity index (χ4v) is 3.07. The summed E-state index contributed by atoms with van der Waals surface area (Å²) in [4.78, 5) is 0. The van der Waals surface area contributed by atoms with Crippen molar-refractivity contribution in [3.05, 3.63) is 59.1 Å². The lowest BCUT2D eigenvalue weighted by Gasteiger charge is -2.37. The molecule has 3 heteroatoms. The average molecular weight is 288 g/mol. The molecule has 0 amide bonds. The van der Waals surface area contributed by atoms with Crippen LogP contribution in [0.5, 0.6) is 5.75 Å². The highest BCUT2D eigenvalue weighted by Crippen LogP contribution is 2.41. The zero-order valence-electron chi connectivity index (χ0n) is 11.5. The second-order valence-electron chi connectivity index (χ2n) is 5.23. The molecule has 2 aromatic rings. The van der Waals surface area contributed by atoms with Gasteiger partial charge in [-0.05, 0) is 42.5 Å². The van der Waals surface area contributed by atoms with Crippen molar-refractivity contribution in [1.29, 1.82) is 0 Å². The van der Waals surface area contributed by atoms with Gasteiger partial charge in [-0.2, -0.15) is 0 Å². The highest BCUT2D eigenvalue weighted by Gasteiger charge is 2.31. The maximum atomic E-state index is 6.25. The molecule has 0 radical (unpaired) electrons. The Kier molecular flexibility index (Phi) is 3.83. The molecule has 1 aliphatic rings. The van der Waals surface area contributed by atoms with Crippen molar-refractivity contribution < 1.29 is 4.74 Å². The van der Waals surface area contributed by atoms with E-state index in [0.717, 1.165) is 29.3 Å². The van der Waals surface area contributed by atoms with Gasteiger partial charge in [0.25, 0.3) is 0 Å². The van der Waals surface area contributed by atoms with Crippen LogP contribution >= 0.6 is 11.6 Å². The number of methoxy groups -OCH3 is 1. The standard InChI is InChI=1S/C17H18ClNO/c1-20-17-9-5-4-8-16(17)19-13-10-12(11-13)14-6-2-3-7-15(14)18/h2-9,12-13,19H,10-11H2,1H3. The summed E-state index contributed by atoms with van der Waals surface area (Å²) in [6, 6.07) is 16.7. The Morgan fingerprint density at radius 1 is 1.05 bits per heavy atom. The lowest BCUT2D eigenvalue weighted by molar-refractivity contribution is 0.370. The molecule has 0 heterocycles. The van der Waals surface area contributed by atoms with Crippen LogP contribution in [0.2, 0.25) is 5.02 Å². The summed E-state index contributed by atoms with van der Waals surface area (Å²) in [6.07, 6.45) is 2.23. The summed E-state index contributed by atoms with van der Waals surface area (Å²) in [7, 11) is 1.70. The molecule has 104 valence electrons. The summed E-state index contributed by atoms with van der Waals surface area (Å²) in [6.45, 7) is 0. The highest BCUT2D eigenvalue weighted by atomic mass is 35.5. The van der Waals surface area contributed by atoms with E-state index >= 15 is 0 Å². The normalized spacial score (nSPS) is 21.1. The fraction of sp³-hybridized carbons (Fsp3) is 0.294. The van der Waals surface area contributed by atoms with Crippen molar-refractivity contribution in [2.24, 2.45) is 0 Å². The number of anilines is 1. The summed E-state index contributed by atoms with van der Waals surface area (Å²) in [5.74, 6) is 1.46. The Bertz CT molecular complexity index is 593. The smallest absolute Gasteiger partial charge is 0.141 e. The van der Waals surface area contributed by atoms with Gasteiger partial charge in [0.05, 0.1) is 12.8 Å². The van der Waals surface area contributed by atoms with Crippen LogP contribution in [0.1, 0.15) is 24.3 Å². The predicted molar refractivity (Wildman–Crippen MR) is 83.8 cm³/mol. The van der Waals surface area contributed by atoms with Gasteiger partial charge in [0.2, 0.25) is 0 Å². The molecular formula is C17H18ClNO. The van der Waals surface area contributed by atoms with Gasteiger partial charge in [0, 0.05) is 11.1 Å². The predicted octanol–water partition coefficient (Wildman–Crippen LogP) is 4.71. The van der Waals surface area contributed by atoms with Crippen molar-refractivity contribution >= 4 is 17.3 Å².